The van der Waals surface area contributed by atoms with E-state index in [1.807, 2.05) is 0 Å². The monoisotopic (exact) mass is 261 g/mol. The lowest BCUT2D eigenvalue weighted by molar-refractivity contribution is 0.0895. The van der Waals surface area contributed by atoms with E-state index < -0.39 is 0 Å². The number of hydrogen-bond donors (Lipinski definition) is 2. The van der Waals surface area contributed by atoms with Gasteiger partial charge in [0.1, 0.15) is 5.75 Å². The predicted octanol–water partition coefficient (Wildman–Crippen LogP) is 1.14. The van der Waals surface area contributed by atoms with Gasteiger partial charge in [0.15, 0.2) is 0 Å². The standard InChI is InChI=1S/C14H19N3O2/c18-13-6-10(8-15-9-13)14(19)16-11-3-5-17-4-1-2-12(17)7-11/h6,8-9,11-12,18H,1-5,7H2,(H,16,19). The van der Waals surface area contributed by atoms with E-state index in [1.54, 1.807) is 0 Å². The summed E-state index contributed by atoms with van der Waals surface area (Å²) in [6.07, 6.45) is 7.39. The number of nitrogens with zero attached hydrogens (tertiary/aromatic N) is 2. The van der Waals surface area contributed by atoms with Gasteiger partial charge >= 0.3 is 0 Å². The maximum absolute atomic E-state index is 12.1. The van der Waals surface area contributed by atoms with Crippen molar-refractivity contribution in [1.29, 1.82) is 0 Å². The number of fused-ring (bicyclic) bond motifs is 1. The van der Waals surface area contributed by atoms with Gasteiger partial charge in [-0.3, -0.25) is 9.78 Å². The third-order valence-corrected chi connectivity index (χ3v) is 4.14. The molecule has 1 amide bonds. The van der Waals surface area contributed by atoms with Crippen molar-refractivity contribution in [3.8, 4) is 5.75 Å². The molecule has 0 aromatic carbocycles. The van der Waals surface area contributed by atoms with Gasteiger partial charge in [0.2, 0.25) is 0 Å². The number of rotatable bonds is 2. The van der Waals surface area contributed by atoms with Crippen molar-refractivity contribution in [3.63, 3.8) is 0 Å². The van der Waals surface area contributed by atoms with Gasteiger partial charge in [0, 0.05) is 24.8 Å². The average Bonchev–Trinajstić information content (AvgIpc) is 2.86. The minimum Gasteiger partial charge on any atom is -0.506 e. The maximum Gasteiger partial charge on any atom is 0.253 e. The van der Waals surface area contributed by atoms with E-state index in [1.165, 1.54) is 37.8 Å². The van der Waals surface area contributed by atoms with Gasteiger partial charge in [-0.25, -0.2) is 0 Å². The van der Waals surface area contributed by atoms with Crippen LogP contribution >= 0.6 is 0 Å². The molecule has 1 aromatic rings. The molecule has 2 unspecified atom stereocenters. The zero-order valence-electron chi connectivity index (χ0n) is 10.9. The number of amides is 1. The van der Waals surface area contributed by atoms with Crippen molar-refractivity contribution >= 4 is 5.91 Å². The Hall–Kier alpha value is -1.62. The van der Waals surface area contributed by atoms with Crippen molar-refractivity contribution in [2.75, 3.05) is 13.1 Å². The number of hydrogen-bond acceptors (Lipinski definition) is 4. The molecule has 5 nitrogen and oxygen atoms in total. The smallest absolute Gasteiger partial charge is 0.253 e. The minimum absolute atomic E-state index is 0.0262. The molecule has 2 aliphatic heterocycles. The lowest BCUT2D eigenvalue weighted by atomic mass is 9.97. The second kappa shape index (κ2) is 5.17. The van der Waals surface area contributed by atoms with Crippen LogP contribution in [0.25, 0.3) is 0 Å². The maximum atomic E-state index is 12.1. The summed E-state index contributed by atoms with van der Waals surface area (Å²) in [5.41, 5.74) is 0.425. The molecule has 5 heteroatoms. The highest BCUT2D eigenvalue weighted by Crippen LogP contribution is 2.27. The molecule has 2 atom stereocenters. The van der Waals surface area contributed by atoms with E-state index in [2.05, 4.69) is 15.2 Å². The van der Waals surface area contributed by atoms with Gasteiger partial charge in [-0.05, 0) is 38.3 Å². The van der Waals surface area contributed by atoms with E-state index in [9.17, 15) is 9.90 Å². The summed E-state index contributed by atoms with van der Waals surface area (Å²) in [4.78, 5) is 18.4. The first kappa shape index (κ1) is 12.4. The molecular weight excluding hydrogens is 242 g/mol. The van der Waals surface area contributed by atoms with Crippen LogP contribution in [0, 0.1) is 0 Å². The summed E-state index contributed by atoms with van der Waals surface area (Å²) in [6.45, 7) is 2.29. The summed E-state index contributed by atoms with van der Waals surface area (Å²) in [5.74, 6) is -0.113. The van der Waals surface area contributed by atoms with Gasteiger partial charge in [-0.2, -0.15) is 0 Å². The molecular formula is C14H19N3O2. The fraction of sp³-hybridized carbons (Fsp3) is 0.571. The molecule has 102 valence electrons. The molecule has 19 heavy (non-hydrogen) atoms. The van der Waals surface area contributed by atoms with Crippen LogP contribution in [-0.4, -0.2) is 46.1 Å². The average molecular weight is 261 g/mol. The van der Waals surface area contributed by atoms with Crippen molar-refractivity contribution in [2.24, 2.45) is 0 Å². The Morgan fingerprint density at radius 1 is 1.37 bits per heavy atom. The van der Waals surface area contributed by atoms with E-state index in [0.717, 1.165) is 19.4 Å². The quantitative estimate of drug-likeness (QED) is 0.838. The van der Waals surface area contributed by atoms with E-state index in [4.69, 9.17) is 0 Å². The van der Waals surface area contributed by atoms with Crippen LogP contribution in [0.5, 0.6) is 5.75 Å². The van der Waals surface area contributed by atoms with Crippen molar-refractivity contribution in [1.82, 2.24) is 15.2 Å². The molecule has 0 radical (unpaired) electrons. The molecule has 0 saturated carbocycles. The normalized spacial score (nSPS) is 26.9. The second-order valence-electron chi connectivity index (χ2n) is 5.46. The van der Waals surface area contributed by atoms with E-state index >= 15 is 0 Å². The summed E-state index contributed by atoms with van der Waals surface area (Å²) in [7, 11) is 0. The lowest BCUT2D eigenvalue weighted by Gasteiger charge is -2.35. The summed E-state index contributed by atoms with van der Waals surface area (Å²) in [5, 5.41) is 12.4. The van der Waals surface area contributed by atoms with Crippen LogP contribution in [0.3, 0.4) is 0 Å². The molecule has 2 N–H and O–H groups in total. The van der Waals surface area contributed by atoms with E-state index in [0.29, 0.717) is 11.6 Å². The molecule has 0 spiro atoms. The largest absolute Gasteiger partial charge is 0.506 e. The Balaban J connectivity index is 1.61. The summed E-state index contributed by atoms with van der Waals surface area (Å²) >= 11 is 0. The Kier molecular flexibility index (Phi) is 3.38. The zero-order valence-corrected chi connectivity index (χ0v) is 10.9. The topological polar surface area (TPSA) is 65.5 Å². The van der Waals surface area contributed by atoms with Crippen LogP contribution in [-0.2, 0) is 0 Å². The fourth-order valence-corrected chi connectivity index (χ4v) is 3.18. The van der Waals surface area contributed by atoms with Crippen molar-refractivity contribution in [2.45, 2.75) is 37.8 Å². The van der Waals surface area contributed by atoms with Crippen LogP contribution in [0.1, 0.15) is 36.0 Å². The highest BCUT2D eigenvalue weighted by atomic mass is 16.3. The van der Waals surface area contributed by atoms with Crippen LogP contribution in [0.2, 0.25) is 0 Å². The zero-order chi connectivity index (χ0) is 13.2. The SMILES string of the molecule is O=C(NC1CCN2CCCC2C1)c1cncc(O)c1. The number of aromatic nitrogens is 1. The number of carbonyl (C=O) groups is 1. The van der Waals surface area contributed by atoms with E-state index in [-0.39, 0.29) is 17.7 Å². The lowest BCUT2D eigenvalue weighted by Crippen LogP contribution is -2.47. The molecule has 2 saturated heterocycles. The van der Waals surface area contributed by atoms with Gasteiger partial charge in [-0.1, -0.05) is 0 Å². The molecule has 2 aliphatic rings. The molecule has 2 fully saturated rings. The number of pyridine rings is 1. The Morgan fingerprint density at radius 3 is 3.11 bits per heavy atom. The Bertz CT molecular complexity index is 478. The molecule has 3 heterocycles. The van der Waals surface area contributed by atoms with Crippen LogP contribution in [0.15, 0.2) is 18.5 Å². The molecule has 0 bridgehead atoms. The van der Waals surface area contributed by atoms with Crippen LogP contribution < -0.4 is 5.32 Å². The van der Waals surface area contributed by atoms with Gasteiger partial charge in [0.25, 0.3) is 5.91 Å². The first-order valence-corrected chi connectivity index (χ1v) is 6.91. The van der Waals surface area contributed by atoms with Crippen molar-refractivity contribution in [3.05, 3.63) is 24.0 Å². The van der Waals surface area contributed by atoms with Gasteiger partial charge < -0.3 is 15.3 Å². The third-order valence-electron chi connectivity index (χ3n) is 4.14. The highest BCUT2D eigenvalue weighted by molar-refractivity contribution is 5.94. The van der Waals surface area contributed by atoms with Gasteiger partial charge in [0.05, 0.1) is 11.8 Å². The van der Waals surface area contributed by atoms with Gasteiger partial charge in [-0.15, -0.1) is 0 Å². The van der Waals surface area contributed by atoms with Crippen LogP contribution in [0.4, 0.5) is 0 Å². The second-order valence-corrected chi connectivity index (χ2v) is 5.46. The third kappa shape index (κ3) is 2.71. The Labute approximate surface area is 112 Å². The highest BCUT2D eigenvalue weighted by Gasteiger charge is 2.32. The molecule has 3 rings (SSSR count). The number of carbonyl (C=O) groups excluding carboxylic acids is 1. The molecule has 0 aliphatic carbocycles. The molecule has 1 aromatic heterocycles. The number of piperidine rings is 1. The first-order valence-electron chi connectivity index (χ1n) is 6.91. The number of aromatic hydroxyl groups is 1. The first-order chi connectivity index (χ1) is 9.22. The predicted molar refractivity (Wildman–Crippen MR) is 71.0 cm³/mol. The summed E-state index contributed by atoms with van der Waals surface area (Å²) in [6, 6.07) is 2.34. The number of nitrogens with one attached hydrogen (secondary N) is 1. The fourth-order valence-electron chi connectivity index (χ4n) is 3.18. The minimum atomic E-state index is -0.139. The summed E-state index contributed by atoms with van der Waals surface area (Å²) < 4.78 is 0. The van der Waals surface area contributed by atoms with Crippen molar-refractivity contribution < 1.29 is 9.90 Å². The Morgan fingerprint density at radius 2 is 2.26 bits per heavy atom.